The van der Waals surface area contributed by atoms with Crippen molar-refractivity contribution >= 4 is 15.9 Å². The lowest BCUT2D eigenvalue weighted by Crippen LogP contribution is -2.16. The summed E-state index contributed by atoms with van der Waals surface area (Å²) in [7, 11) is 3.61. The van der Waals surface area contributed by atoms with E-state index in [-0.39, 0.29) is 6.04 Å². The molecule has 0 amide bonds. The lowest BCUT2D eigenvalue weighted by molar-refractivity contribution is 0.407. The van der Waals surface area contributed by atoms with Crippen LogP contribution in [0.15, 0.2) is 35.2 Å². The average molecular weight is 310 g/mol. The van der Waals surface area contributed by atoms with E-state index in [1.54, 1.807) is 19.6 Å². The Balaban J connectivity index is 2.23. The molecule has 0 radical (unpaired) electrons. The molecule has 1 atom stereocenters. The molecule has 0 saturated carbocycles. The SMILES string of the molecule is COc1ccc(Br)cc1CC(N)c1cncn1C. The zero-order chi connectivity index (χ0) is 13.1. The summed E-state index contributed by atoms with van der Waals surface area (Å²) in [5, 5.41) is 0. The molecule has 2 N–H and O–H groups in total. The predicted octanol–water partition coefficient (Wildman–Crippen LogP) is 2.43. The van der Waals surface area contributed by atoms with Crippen LogP contribution in [-0.2, 0) is 13.5 Å². The highest BCUT2D eigenvalue weighted by Gasteiger charge is 2.13. The number of hydrogen-bond acceptors (Lipinski definition) is 3. The number of rotatable bonds is 4. The summed E-state index contributed by atoms with van der Waals surface area (Å²) in [6, 6.07) is 5.84. The Bertz CT molecular complexity index is 539. The van der Waals surface area contributed by atoms with Crippen LogP contribution in [0.2, 0.25) is 0 Å². The Labute approximate surface area is 115 Å². The molecule has 2 aromatic rings. The third kappa shape index (κ3) is 2.73. The average Bonchev–Trinajstić information content (AvgIpc) is 2.76. The van der Waals surface area contributed by atoms with Crippen LogP contribution in [0.4, 0.5) is 0 Å². The third-order valence-electron chi connectivity index (χ3n) is 2.92. The van der Waals surface area contributed by atoms with E-state index in [4.69, 9.17) is 10.5 Å². The number of methoxy groups -OCH3 is 1. The highest BCUT2D eigenvalue weighted by atomic mass is 79.9. The first-order valence-electron chi connectivity index (χ1n) is 5.66. The molecule has 2 rings (SSSR count). The zero-order valence-corrected chi connectivity index (χ0v) is 12.0. The van der Waals surface area contributed by atoms with Gasteiger partial charge >= 0.3 is 0 Å². The molecule has 1 heterocycles. The van der Waals surface area contributed by atoms with Gasteiger partial charge in [0, 0.05) is 17.7 Å². The minimum Gasteiger partial charge on any atom is -0.496 e. The van der Waals surface area contributed by atoms with Crippen LogP contribution in [-0.4, -0.2) is 16.7 Å². The maximum atomic E-state index is 6.21. The van der Waals surface area contributed by atoms with Gasteiger partial charge in [-0.05, 0) is 30.2 Å². The number of aryl methyl sites for hydroxylation is 1. The van der Waals surface area contributed by atoms with Crippen LogP contribution < -0.4 is 10.5 Å². The summed E-state index contributed by atoms with van der Waals surface area (Å²) in [6.45, 7) is 0. The first-order valence-corrected chi connectivity index (χ1v) is 6.45. The molecule has 4 nitrogen and oxygen atoms in total. The topological polar surface area (TPSA) is 53.1 Å². The van der Waals surface area contributed by atoms with Crippen LogP contribution in [0.5, 0.6) is 5.75 Å². The fourth-order valence-corrected chi connectivity index (χ4v) is 2.38. The molecule has 1 unspecified atom stereocenters. The molecule has 0 aliphatic heterocycles. The number of nitrogens with zero attached hydrogens (tertiary/aromatic N) is 2. The van der Waals surface area contributed by atoms with Gasteiger partial charge in [0.1, 0.15) is 5.75 Å². The van der Waals surface area contributed by atoms with Gasteiger partial charge in [-0.1, -0.05) is 15.9 Å². The van der Waals surface area contributed by atoms with E-state index in [0.717, 1.165) is 21.5 Å². The summed E-state index contributed by atoms with van der Waals surface area (Å²) in [5.41, 5.74) is 8.31. The molecule has 0 spiro atoms. The molecule has 96 valence electrons. The Morgan fingerprint density at radius 2 is 2.28 bits per heavy atom. The highest BCUT2D eigenvalue weighted by Crippen LogP contribution is 2.26. The number of imidazole rings is 1. The fraction of sp³-hybridized carbons (Fsp3) is 0.308. The highest BCUT2D eigenvalue weighted by molar-refractivity contribution is 9.10. The number of halogens is 1. The summed E-state index contributed by atoms with van der Waals surface area (Å²) < 4.78 is 8.31. The first-order chi connectivity index (χ1) is 8.61. The second kappa shape index (κ2) is 5.54. The normalized spacial score (nSPS) is 12.4. The van der Waals surface area contributed by atoms with Gasteiger partial charge in [0.15, 0.2) is 0 Å². The van der Waals surface area contributed by atoms with E-state index in [9.17, 15) is 0 Å². The van der Waals surface area contributed by atoms with Crippen molar-refractivity contribution < 1.29 is 4.74 Å². The van der Waals surface area contributed by atoms with E-state index in [1.807, 2.05) is 29.8 Å². The van der Waals surface area contributed by atoms with Crippen molar-refractivity contribution in [3.8, 4) is 5.75 Å². The minimum absolute atomic E-state index is 0.0966. The van der Waals surface area contributed by atoms with Crippen molar-refractivity contribution in [1.82, 2.24) is 9.55 Å². The van der Waals surface area contributed by atoms with Gasteiger partial charge < -0.3 is 15.0 Å². The molecule has 0 saturated heterocycles. The molecule has 1 aromatic carbocycles. The molecule has 0 aliphatic carbocycles. The van der Waals surface area contributed by atoms with Gasteiger partial charge in [-0.25, -0.2) is 4.98 Å². The van der Waals surface area contributed by atoms with Crippen LogP contribution in [0, 0.1) is 0 Å². The van der Waals surface area contributed by atoms with Crippen LogP contribution in [0.25, 0.3) is 0 Å². The molecular weight excluding hydrogens is 294 g/mol. The van der Waals surface area contributed by atoms with Crippen molar-refractivity contribution in [2.45, 2.75) is 12.5 Å². The van der Waals surface area contributed by atoms with Crippen molar-refractivity contribution in [2.75, 3.05) is 7.11 Å². The summed E-state index contributed by atoms with van der Waals surface area (Å²) >= 11 is 3.46. The smallest absolute Gasteiger partial charge is 0.122 e. The third-order valence-corrected chi connectivity index (χ3v) is 3.41. The van der Waals surface area contributed by atoms with Crippen LogP contribution in [0.1, 0.15) is 17.3 Å². The first kappa shape index (κ1) is 13.1. The van der Waals surface area contributed by atoms with Crippen molar-refractivity contribution in [2.24, 2.45) is 12.8 Å². The largest absolute Gasteiger partial charge is 0.496 e. The fourth-order valence-electron chi connectivity index (χ4n) is 1.97. The summed E-state index contributed by atoms with van der Waals surface area (Å²) in [6.07, 6.45) is 4.27. The van der Waals surface area contributed by atoms with Gasteiger partial charge in [-0.15, -0.1) is 0 Å². The maximum Gasteiger partial charge on any atom is 0.122 e. The Kier molecular flexibility index (Phi) is 4.04. The number of hydrogen-bond donors (Lipinski definition) is 1. The van der Waals surface area contributed by atoms with E-state index < -0.39 is 0 Å². The lowest BCUT2D eigenvalue weighted by Gasteiger charge is -2.15. The Morgan fingerprint density at radius 1 is 1.50 bits per heavy atom. The lowest BCUT2D eigenvalue weighted by atomic mass is 10.0. The summed E-state index contributed by atoms with van der Waals surface area (Å²) in [5.74, 6) is 0.857. The second-order valence-electron chi connectivity index (χ2n) is 4.20. The van der Waals surface area contributed by atoms with Gasteiger partial charge in [0.2, 0.25) is 0 Å². The van der Waals surface area contributed by atoms with Gasteiger partial charge in [0.05, 0.1) is 25.2 Å². The molecule has 0 fully saturated rings. The Hall–Kier alpha value is -1.33. The van der Waals surface area contributed by atoms with Gasteiger partial charge in [-0.3, -0.25) is 0 Å². The molecule has 1 aromatic heterocycles. The van der Waals surface area contributed by atoms with Crippen molar-refractivity contribution in [1.29, 1.82) is 0 Å². The monoisotopic (exact) mass is 309 g/mol. The zero-order valence-electron chi connectivity index (χ0n) is 10.4. The second-order valence-corrected chi connectivity index (χ2v) is 5.11. The molecule has 18 heavy (non-hydrogen) atoms. The predicted molar refractivity (Wildman–Crippen MR) is 74.5 cm³/mol. The van der Waals surface area contributed by atoms with Crippen molar-refractivity contribution in [3.63, 3.8) is 0 Å². The van der Waals surface area contributed by atoms with Crippen LogP contribution in [0.3, 0.4) is 0 Å². The van der Waals surface area contributed by atoms with Gasteiger partial charge in [-0.2, -0.15) is 0 Å². The quantitative estimate of drug-likeness (QED) is 0.943. The van der Waals surface area contributed by atoms with Gasteiger partial charge in [0.25, 0.3) is 0 Å². The molecule has 0 aliphatic rings. The van der Waals surface area contributed by atoms with E-state index in [0.29, 0.717) is 6.42 Å². The van der Waals surface area contributed by atoms with E-state index >= 15 is 0 Å². The number of benzene rings is 1. The number of nitrogens with two attached hydrogens (primary N) is 1. The minimum atomic E-state index is -0.0966. The molecule has 5 heteroatoms. The molecular formula is C13H16BrN3O. The Morgan fingerprint density at radius 3 is 2.89 bits per heavy atom. The number of aromatic nitrogens is 2. The number of ether oxygens (including phenoxy) is 1. The summed E-state index contributed by atoms with van der Waals surface area (Å²) in [4.78, 5) is 4.09. The maximum absolute atomic E-state index is 6.21. The van der Waals surface area contributed by atoms with E-state index in [1.165, 1.54) is 0 Å². The van der Waals surface area contributed by atoms with E-state index in [2.05, 4.69) is 20.9 Å². The van der Waals surface area contributed by atoms with Crippen LogP contribution >= 0.6 is 15.9 Å². The standard InChI is InChI=1S/C13H16BrN3O/c1-17-8-16-7-12(17)11(15)6-9-5-10(14)3-4-13(9)18-2/h3-5,7-8,11H,6,15H2,1-2H3. The molecule has 0 bridgehead atoms. The van der Waals surface area contributed by atoms with Crippen molar-refractivity contribution in [3.05, 3.63) is 46.5 Å².